The van der Waals surface area contributed by atoms with Crippen LogP contribution in [0.4, 0.5) is 0 Å². The van der Waals surface area contributed by atoms with E-state index in [1.165, 1.54) is 12.8 Å². The zero-order valence-corrected chi connectivity index (χ0v) is 12.1. The van der Waals surface area contributed by atoms with E-state index in [9.17, 15) is 4.79 Å². The van der Waals surface area contributed by atoms with Crippen LogP contribution in [-0.2, 0) is 6.54 Å². The van der Waals surface area contributed by atoms with Gasteiger partial charge in [0.1, 0.15) is 5.69 Å². The molecule has 4 heteroatoms. The summed E-state index contributed by atoms with van der Waals surface area (Å²) in [7, 11) is 0. The average Bonchev–Trinajstić information content (AvgIpc) is 3.13. The lowest BCUT2D eigenvalue weighted by atomic mass is 10.2. The SMILES string of the molecule is O=C(NCc1cccc(Br)c1)c1cccn1C1CC1. The number of halogens is 1. The summed E-state index contributed by atoms with van der Waals surface area (Å²) < 4.78 is 3.11. The fraction of sp³-hybridized carbons (Fsp3) is 0.267. The predicted molar refractivity (Wildman–Crippen MR) is 78.0 cm³/mol. The van der Waals surface area contributed by atoms with Gasteiger partial charge in [0, 0.05) is 23.3 Å². The Morgan fingerprint density at radius 3 is 2.89 bits per heavy atom. The van der Waals surface area contributed by atoms with E-state index in [-0.39, 0.29) is 5.91 Å². The fourth-order valence-electron chi connectivity index (χ4n) is 2.18. The number of benzene rings is 1. The van der Waals surface area contributed by atoms with E-state index in [4.69, 9.17) is 0 Å². The van der Waals surface area contributed by atoms with Crippen molar-refractivity contribution in [2.24, 2.45) is 0 Å². The zero-order valence-electron chi connectivity index (χ0n) is 10.5. The van der Waals surface area contributed by atoms with Gasteiger partial charge in [-0.15, -0.1) is 0 Å². The highest BCUT2D eigenvalue weighted by atomic mass is 79.9. The number of carbonyl (C=O) groups excluding carboxylic acids is 1. The van der Waals surface area contributed by atoms with E-state index in [2.05, 4.69) is 25.8 Å². The molecule has 0 saturated heterocycles. The molecule has 1 aromatic carbocycles. The van der Waals surface area contributed by atoms with Crippen molar-refractivity contribution >= 4 is 21.8 Å². The Bertz CT molecular complexity index is 602. The normalized spacial score (nSPS) is 14.4. The highest BCUT2D eigenvalue weighted by molar-refractivity contribution is 9.10. The fourth-order valence-corrected chi connectivity index (χ4v) is 2.62. The molecule has 3 rings (SSSR count). The van der Waals surface area contributed by atoms with Gasteiger partial charge in [0.15, 0.2) is 0 Å². The molecule has 2 aromatic rings. The van der Waals surface area contributed by atoms with Crippen LogP contribution in [0.25, 0.3) is 0 Å². The van der Waals surface area contributed by atoms with Crippen molar-refractivity contribution in [3.63, 3.8) is 0 Å². The first-order chi connectivity index (χ1) is 9.24. The number of rotatable bonds is 4. The molecule has 0 spiro atoms. The second-order valence-electron chi connectivity index (χ2n) is 4.84. The number of hydrogen-bond acceptors (Lipinski definition) is 1. The van der Waals surface area contributed by atoms with E-state index < -0.39 is 0 Å². The molecule has 98 valence electrons. The molecular formula is C15H15BrN2O. The van der Waals surface area contributed by atoms with Gasteiger partial charge in [-0.25, -0.2) is 0 Å². The predicted octanol–water partition coefficient (Wildman–Crippen LogP) is 3.52. The Balaban J connectivity index is 1.66. The van der Waals surface area contributed by atoms with Crippen LogP contribution < -0.4 is 5.32 Å². The standard InChI is InChI=1S/C15H15BrN2O/c16-12-4-1-3-11(9-12)10-17-15(19)14-5-2-8-18(14)13-6-7-13/h1-5,8-9,13H,6-7,10H2,(H,17,19). The minimum Gasteiger partial charge on any atom is -0.347 e. The van der Waals surface area contributed by atoms with Crippen LogP contribution >= 0.6 is 15.9 Å². The number of nitrogens with zero attached hydrogens (tertiary/aromatic N) is 1. The van der Waals surface area contributed by atoms with Crippen LogP contribution in [0.5, 0.6) is 0 Å². The zero-order chi connectivity index (χ0) is 13.2. The van der Waals surface area contributed by atoms with Crippen LogP contribution in [0, 0.1) is 0 Å². The Labute approximate surface area is 120 Å². The molecule has 0 unspecified atom stereocenters. The maximum Gasteiger partial charge on any atom is 0.268 e. The third-order valence-corrected chi connectivity index (χ3v) is 3.79. The van der Waals surface area contributed by atoms with Crippen LogP contribution in [0.15, 0.2) is 47.1 Å². The molecule has 1 aliphatic rings. The summed E-state index contributed by atoms with van der Waals surface area (Å²) in [6, 6.07) is 12.3. The smallest absolute Gasteiger partial charge is 0.268 e. The average molecular weight is 319 g/mol. The van der Waals surface area contributed by atoms with Gasteiger partial charge >= 0.3 is 0 Å². The van der Waals surface area contributed by atoms with Gasteiger partial charge in [-0.05, 0) is 42.7 Å². The molecule has 1 aliphatic carbocycles. The van der Waals surface area contributed by atoms with Crippen LogP contribution in [0.3, 0.4) is 0 Å². The second kappa shape index (κ2) is 5.21. The first-order valence-corrected chi connectivity index (χ1v) is 7.23. The monoisotopic (exact) mass is 318 g/mol. The van der Waals surface area contributed by atoms with Crippen molar-refractivity contribution in [1.82, 2.24) is 9.88 Å². The molecule has 0 radical (unpaired) electrons. The second-order valence-corrected chi connectivity index (χ2v) is 5.76. The molecule has 0 aliphatic heterocycles. The van der Waals surface area contributed by atoms with Crippen LogP contribution in [0.2, 0.25) is 0 Å². The molecule has 1 aromatic heterocycles. The molecule has 1 saturated carbocycles. The van der Waals surface area contributed by atoms with Crippen molar-refractivity contribution in [3.8, 4) is 0 Å². The minimum absolute atomic E-state index is 0.00289. The molecule has 1 heterocycles. The molecular weight excluding hydrogens is 304 g/mol. The number of hydrogen-bond donors (Lipinski definition) is 1. The summed E-state index contributed by atoms with van der Waals surface area (Å²) in [4.78, 5) is 12.2. The largest absolute Gasteiger partial charge is 0.347 e. The molecule has 1 fully saturated rings. The van der Waals surface area contributed by atoms with E-state index in [0.29, 0.717) is 12.6 Å². The van der Waals surface area contributed by atoms with E-state index in [1.807, 2.05) is 42.6 Å². The van der Waals surface area contributed by atoms with Crippen molar-refractivity contribution in [3.05, 3.63) is 58.3 Å². The summed E-state index contributed by atoms with van der Waals surface area (Å²) in [6.45, 7) is 0.550. The lowest BCUT2D eigenvalue weighted by Gasteiger charge is -2.09. The summed E-state index contributed by atoms with van der Waals surface area (Å²) in [5, 5.41) is 2.97. The molecule has 3 nitrogen and oxygen atoms in total. The van der Waals surface area contributed by atoms with Gasteiger partial charge in [0.25, 0.3) is 5.91 Å². The van der Waals surface area contributed by atoms with Crippen molar-refractivity contribution in [2.75, 3.05) is 0 Å². The number of nitrogens with one attached hydrogen (secondary N) is 1. The molecule has 19 heavy (non-hydrogen) atoms. The van der Waals surface area contributed by atoms with Crippen LogP contribution in [0.1, 0.15) is 34.9 Å². The van der Waals surface area contributed by atoms with Crippen LogP contribution in [-0.4, -0.2) is 10.5 Å². The highest BCUT2D eigenvalue weighted by Gasteiger charge is 2.26. The lowest BCUT2D eigenvalue weighted by molar-refractivity contribution is 0.0941. The van der Waals surface area contributed by atoms with Crippen molar-refractivity contribution in [2.45, 2.75) is 25.4 Å². The Morgan fingerprint density at radius 2 is 2.16 bits per heavy atom. The molecule has 0 atom stereocenters. The molecule has 0 bridgehead atoms. The van der Waals surface area contributed by atoms with Gasteiger partial charge in [0.05, 0.1) is 0 Å². The highest BCUT2D eigenvalue weighted by Crippen LogP contribution is 2.35. The Hall–Kier alpha value is -1.55. The summed E-state index contributed by atoms with van der Waals surface area (Å²) >= 11 is 3.43. The number of aromatic nitrogens is 1. The van der Waals surface area contributed by atoms with Gasteiger partial charge in [-0.1, -0.05) is 28.1 Å². The summed E-state index contributed by atoms with van der Waals surface area (Å²) in [5.74, 6) is -0.00289. The maximum atomic E-state index is 12.2. The van der Waals surface area contributed by atoms with E-state index in [0.717, 1.165) is 15.7 Å². The van der Waals surface area contributed by atoms with Crippen molar-refractivity contribution in [1.29, 1.82) is 0 Å². The topological polar surface area (TPSA) is 34.0 Å². The Morgan fingerprint density at radius 1 is 1.32 bits per heavy atom. The maximum absolute atomic E-state index is 12.2. The van der Waals surface area contributed by atoms with Gasteiger partial charge < -0.3 is 9.88 Å². The molecule has 1 amide bonds. The number of carbonyl (C=O) groups is 1. The van der Waals surface area contributed by atoms with Gasteiger partial charge in [-0.2, -0.15) is 0 Å². The minimum atomic E-state index is -0.00289. The van der Waals surface area contributed by atoms with Gasteiger partial charge in [0.2, 0.25) is 0 Å². The van der Waals surface area contributed by atoms with E-state index in [1.54, 1.807) is 0 Å². The lowest BCUT2D eigenvalue weighted by Crippen LogP contribution is -2.25. The van der Waals surface area contributed by atoms with E-state index >= 15 is 0 Å². The van der Waals surface area contributed by atoms with Crippen molar-refractivity contribution < 1.29 is 4.79 Å². The first-order valence-electron chi connectivity index (χ1n) is 6.43. The van der Waals surface area contributed by atoms with Gasteiger partial charge in [-0.3, -0.25) is 4.79 Å². The third-order valence-electron chi connectivity index (χ3n) is 3.29. The number of amides is 1. The third kappa shape index (κ3) is 2.89. The first kappa shape index (κ1) is 12.5. The summed E-state index contributed by atoms with van der Waals surface area (Å²) in [6.07, 6.45) is 4.35. The summed E-state index contributed by atoms with van der Waals surface area (Å²) in [5.41, 5.74) is 1.85. The molecule has 1 N–H and O–H groups in total. The Kier molecular flexibility index (Phi) is 3.42. The quantitative estimate of drug-likeness (QED) is 0.919.